The van der Waals surface area contributed by atoms with Crippen molar-refractivity contribution >= 4 is 52.2 Å². The van der Waals surface area contributed by atoms with Crippen LogP contribution >= 0.6 is 18.6 Å². The van der Waals surface area contributed by atoms with Crippen LogP contribution in [0.5, 0.6) is 11.5 Å². The van der Waals surface area contributed by atoms with E-state index in [4.69, 9.17) is 28.6 Å². The van der Waals surface area contributed by atoms with Crippen LogP contribution < -0.4 is 0 Å². The molecule has 4 nitrogen and oxygen atoms in total. The molecule has 0 aromatic heterocycles. The Kier molecular flexibility index (Phi) is 9.10. The Morgan fingerprint density at radius 3 is 1.42 bits per heavy atom. The van der Waals surface area contributed by atoms with Crippen LogP contribution in [0.1, 0.15) is 25.0 Å². The molecule has 4 aromatic rings. The van der Waals surface area contributed by atoms with Gasteiger partial charge in [-0.1, -0.05) is 48.5 Å². The average molecular weight is 513 g/mol. The molecule has 0 spiro atoms. The second-order valence-corrected chi connectivity index (χ2v) is 9.73. The van der Waals surface area contributed by atoms with Gasteiger partial charge in [0.1, 0.15) is 11.5 Å². The average Bonchev–Trinajstić information content (AvgIpc) is 2.80. The molecule has 0 bridgehead atoms. The minimum absolute atomic E-state index is 0.202. The van der Waals surface area contributed by atoms with Crippen LogP contribution in [0.2, 0.25) is 0 Å². The summed E-state index contributed by atoms with van der Waals surface area (Å²) in [7, 11) is 9.78. The Hall–Kier alpha value is -2.63. The molecule has 0 heterocycles. The first kappa shape index (κ1) is 25.0. The molecule has 4 rings (SSSR count). The topological polar surface area (TPSA) is 65.2 Å². The van der Waals surface area contributed by atoms with Gasteiger partial charge in [-0.2, -0.15) is 0 Å². The molecule has 0 unspecified atom stereocenters. The number of para-hydroxylation sites is 2. The third-order valence-electron chi connectivity index (χ3n) is 5.02. The number of rotatable bonds is 4. The number of aliphatic imine (C=N–C) groups is 2. The molecule has 4 aromatic carbocycles. The van der Waals surface area contributed by atoms with E-state index < -0.39 is 17.0 Å². The first-order valence-corrected chi connectivity index (χ1v) is 14.4. The Labute approximate surface area is 209 Å². The van der Waals surface area contributed by atoms with Gasteiger partial charge >= 0.3 is 35.6 Å². The summed E-state index contributed by atoms with van der Waals surface area (Å²) in [6.45, 7) is 3.76. The summed E-state index contributed by atoms with van der Waals surface area (Å²) in [6, 6.07) is 26.2. The number of hydrogen-bond donors (Lipinski definition) is 2. The third-order valence-corrected chi connectivity index (χ3v) is 5.02. The first-order valence-electron chi connectivity index (χ1n) is 10.1. The van der Waals surface area contributed by atoms with Crippen LogP contribution in [-0.2, 0) is 17.0 Å². The van der Waals surface area contributed by atoms with E-state index in [0.29, 0.717) is 11.1 Å². The summed E-state index contributed by atoms with van der Waals surface area (Å²) in [5, 5.41) is 22.3. The van der Waals surface area contributed by atoms with Crippen molar-refractivity contribution in [3.8, 4) is 11.5 Å². The van der Waals surface area contributed by atoms with E-state index in [-0.39, 0.29) is 11.5 Å². The van der Waals surface area contributed by atoms with Crippen LogP contribution in [0.4, 0.5) is 11.4 Å². The van der Waals surface area contributed by atoms with Crippen LogP contribution in [0, 0.1) is 0 Å². The quantitative estimate of drug-likeness (QED) is 0.215. The summed E-state index contributed by atoms with van der Waals surface area (Å²) in [4.78, 5) is 9.63. The predicted octanol–water partition coefficient (Wildman–Crippen LogP) is 7.91. The van der Waals surface area contributed by atoms with Gasteiger partial charge in [0.05, 0.1) is 11.4 Å². The number of fused-ring (bicyclic) bond motifs is 1. The number of benzene rings is 4. The SMILES string of the molecule is CC(=Nc1cccc2cccc(N=C(C)c3ccccc3O)c12)c1ccccc1O.[Cl][Ti][Cl]. The summed E-state index contributed by atoms with van der Waals surface area (Å²) < 4.78 is 0. The molecular formula is C26H22Cl2N2O2Ti. The van der Waals surface area contributed by atoms with Crippen molar-refractivity contribution < 1.29 is 27.2 Å². The molecule has 0 atom stereocenters. The van der Waals surface area contributed by atoms with E-state index in [0.717, 1.165) is 33.6 Å². The fourth-order valence-electron chi connectivity index (χ4n) is 3.53. The molecular weight excluding hydrogens is 491 g/mol. The number of phenols is 2. The van der Waals surface area contributed by atoms with Crippen molar-refractivity contribution in [3.63, 3.8) is 0 Å². The van der Waals surface area contributed by atoms with Crippen LogP contribution in [0.3, 0.4) is 0 Å². The van der Waals surface area contributed by atoms with E-state index in [1.807, 2.05) is 74.5 Å². The van der Waals surface area contributed by atoms with E-state index >= 15 is 0 Å². The summed E-state index contributed by atoms with van der Waals surface area (Å²) in [5.41, 5.74) is 4.38. The fraction of sp³-hybridized carbons (Fsp3) is 0.0769. The van der Waals surface area contributed by atoms with E-state index in [1.54, 1.807) is 24.3 Å². The standard InChI is InChI=1S/C26H22N2O2.2ClH.Ti/c1-17(20-11-3-5-15-24(20)29)27-22-13-7-9-19-10-8-14-23(26(19)22)28-18(2)21-12-4-6-16-25(21)30;;;/h3-16,29-30H,1-2H3;2*1H;/q;;;+2/p-2. The Morgan fingerprint density at radius 2 is 1.03 bits per heavy atom. The maximum absolute atomic E-state index is 10.2. The van der Waals surface area contributed by atoms with Gasteiger partial charge in [0.2, 0.25) is 0 Å². The van der Waals surface area contributed by atoms with Gasteiger partial charge in [-0.05, 0) is 55.6 Å². The Balaban J connectivity index is 0.000000968. The number of hydrogen-bond acceptors (Lipinski definition) is 4. The summed E-state index contributed by atoms with van der Waals surface area (Å²) >= 11 is -0.556. The van der Waals surface area contributed by atoms with Gasteiger partial charge in [-0.3, -0.25) is 9.98 Å². The number of phenolic OH excluding ortho intramolecular Hbond substituents is 2. The molecule has 33 heavy (non-hydrogen) atoms. The van der Waals surface area contributed by atoms with Crippen molar-refractivity contribution in [2.24, 2.45) is 9.98 Å². The van der Waals surface area contributed by atoms with Gasteiger partial charge in [0, 0.05) is 27.9 Å². The molecule has 0 aliphatic carbocycles. The second kappa shape index (κ2) is 12.0. The molecule has 0 saturated carbocycles. The van der Waals surface area contributed by atoms with Gasteiger partial charge in [0.25, 0.3) is 0 Å². The monoisotopic (exact) mass is 512 g/mol. The number of aromatic hydroxyl groups is 2. The zero-order valence-corrected chi connectivity index (χ0v) is 21.2. The van der Waals surface area contributed by atoms with Gasteiger partial charge in [-0.25, -0.2) is 0 Å². The van der Waals surface area contributed by atoms with Crippen LogP contribution in [-0.4, -0.2) is 21.6 Å². The predicted molar refractivity (Wildman–Crippen MR) is 136 cm³/mol. The van der Waals surface area contributed by atoms with E-state index in [2.05, 4.69) is 0 Å². The van der Waals surface area contributed by atoms with Gasteiger partial charge < -0.3 is 10.2 Å². The second-order valence-electron chi connectivity index (χ2n) is 7.15. The number of nitrogens with zero attached hydrogens (tertiary/aromatic N) is 2. The molecule has 0 amide bonds. The molecule has 7 heteroatoms. The van der Waals surface area contributed by atoms with Crippen molar-refractivity contribution in [2.75, 3.05) is 0 Å². The van der Waals surface area contributed by atoms with Gasteiger partial charge in [0.15, 0.2) is 0 Å². The fourth-order valence-corrected chi connectivity index (χ4v) is 3.53. The molecule has 0 saturated heterocycles. The summed E-state index contributed by atoms with van der Waals surface area (Å²) in [6.07, 6.45) is 0. The molecule has 166 valence electrons. The maximum atomic E-state index is 10.2. The molecule has 0 aliphatic rings. The van der Waals surface area contributed by atoms with E-state index in [1.165, 1.54) is 0 Å². The zero-order chi connectivity index (χ0) is 23.8. The molecule has 2 N–H and O–H groups in total. The Bertz CT molecular complexity index is 1230. The molecule has 0 aliphatic heterocycles. The van der Waals surface area contributed by atoms with E-state index in [9.17, 15) is 10.2 Å². The van der Waals surface area contributed by atoms with Crippen molar-refractivity contribution in [3.05, 3.63) is 96.1 Å². The van der Waals surface area contributed by atoms with Crippen molar-refractivity contribution in [2.45, 2.75) is 13.8 Å². The molecule has 0 radical (unpaired) electrons. The van der Waals surface area contributed by atoms with Gasteiger partial charge in [-0.15, -0.1) is 0 Å². The van der Waals surface area contributed by atoms with Crippen molar-refractivity contribution in [1.82, 2.24) is 0 Å². The zero-order valence-electron chi connectivity index (χ0n) is 18.1. The van der Waals surface area contributed by atoms with Crippen LogP contribution in [0.25, 0.3) is 10.8 Å². The van der Waals surface area contributed by atoms with Crippen LogP contribution in [0.15, 0.2) is 94.9 Å². The third kappa shape index (κ3) is 6.24. The molecule has 0 fully saturated rings. The number of halogens is 2. The normalized spacial score (nSPS) is 11.6. The van der Waals surface area contributed by atoms with Crippen molar-refractivity contribution in [1.29, 1.82) is 0 Å². The minimum atomic E-state index is -0.556. The first-order chi connectivity index (χ1) is 16.0. The Morgan fingerprint density at radius 1 is 0.636 bits per heavy atom. The summed E-state index contributed by atoms with van der Waals surface area (Å²) in [5.74, 6) is 0.403.